The predicted octanol–water partition coefficient (Wildman–Crippen LogP) is 3.19. The average Bonchev–Trinajstić information content (AvgIpc) is 2.64. The first kappa shape index (κ1) is 18.5. The number of aromatic nitrogens is 3. The summed E-state index contributed by atoms with van der Waals surface area (Å²) in [4.78, 5) is 29.4. The van der Waals surface area contributed by atoms with E-state index in [4.69, 9.17) is 11.6 Å². The molecule has 0 amide bonds. The highest BCUT2D eigenvalue weighted by Crippen LogP contribution is 2.12. The topological polar surface area (TPSA) is 56.9 Å². The van der Waals surface area contributed by atoms with Gasteiger partial charge in [-0.05, 0) is 36.4 Å². The molecule has 0 atom stereocenters. The van der Waals surface area contributed by atoms with Crippen molar-refractivity contribution in [2.24, 2.45) is 0 Å². The van der Waals surface area contributed by atoms with Gasteiger partial charge in [-0.15, -0.1) is 0 Å². The van der Waals surface area contributed by atoms with Crippen LogP contribution in [0.5, 0.6) is 0 Å². The fraction of sp³-hybridized carbons (Fsp3) is 0.211. The van der Waals surface area contributed by atoms with E-state index in [1.165, 1.54) is 16.3 Å². The number of halogens is 1. The van der Waals surface area contributed by atoms with Gasteiger partial charge in [-0.25, -0.2) is 14.2 Å². The third-order valence-electron chi connectivity index (χ3n) is 4.01. The minimum atomic E-state index is -0.547. The lowest BCUT2D eigenvalue weighted by Gasteiger charge is -2.13. The largest absolute Gasteiger partial charge is 0.354 e. The first-order valence-electron chi connectivity index (χ1n) is 8.03. The van der Waals surface area contributed by atoms with E-state index in [2.05, 4.69) is 4.98 Å². The third kappa shape index (κ3) is 4.08. The lowest BCUT2D eigenvalue weighted by atomic mass is 10.1. The molecule has 0 aliphatic carbocycles. The molecular weight excluding hydrogens is 370 g/mol. The number of thioether (sulfide) groups is 1. The number of benzene rings is 2. The van der Waals surface area contributed by atoms with E-state index in [-0.39, 0.29) is 12.2 Å². The Morgan fingerprint density at radius 2 is 1.46 bits per heavy atom. The molecule has 26 heavy (non-hydrogen) atoms. The second kappa shape index (κ2) is 7.93. The Bertz CT molecular complexity index is 1020. The van der Waals surface area contributed by atoms with Gasteiger partial charge in [0.2, 0.25) is 0 Å². The van der Waals surface area contributed by atoms with E-state index < -0.39 is 5.69 Å². The molecule has 5 nitrogen and oxygen atoms in total. The number of aryl methyl sites for hydroxylation is 1. The lowest BCUT2D eigenvalue weighted by Crippen LogP contribution is -2.42. The summed E-state index contributed by atoms with van der Waals surface area (Å²) in [6.45, 7) is 2.53. The highest BCUT2D eigenvalue weighted by atomic mass is 35.5. The van der Waals surface area contributed by atoms with Gasteiger partial charge in [0.15, 0.2) is 5.16 Å². The van der Waals surface area contributed by atoms with Crippen LogP contribution in [0.2, 0.25) is 5.02 Å². The highest BCUT2D eigenvalue weighted by molar-refractivity contribution is 7.98. The summed E-state index contributed by atoms with van der Waals surface area (Å²) in [5, 5.41) is 1.02. The summed E-state index contributed by atoms with van der Waals surface area (Å²) in [5.74, 6) is 0. The second-order valence-corrected chi connectivity index (χ2v) is 7.16. The summed E-state index contributed by atoms with van der Waals surface area (Å²) in [6.07, 6.45) is 1.80. The van der Waals surface area contributed by atoms with Gasteiger partial charge < -0.3 is 0 Å². The van der Waals surface area contributed by atoms with Crippen molar-refractivity contribution in [2.45, 2.75) is 25.2 Å². The van der Waals surface area contributed by atoms with Gasteiger partial charge in [-0.2, -0.15) is 4.98 Å². The summed E-state index contributed by atoms with van der Waals surface area (Å²) >= 11 is 7.18. The molecule has 0 radical (unpaired) electrons. The van der Waals surface area contributed by atoms with Crippen LogP contribution in [0.1, 0.15) is 16.7 Å². The van der Waals surface area contributed by atoms with E-state index in [0.29, 0.717) is 16.7 Å². The van der Waals surface area contributed by atoms with Gasteiger partial charge in [-0.3, -0.25) is 4.57 Å². The molecule has 3 aromatic rings. The van der Waals surface area contributed by atoms with Gasteiger partial charge in [-0.1, -0.05) is 65.3 Å². The molecule has 1 aromatic heterocycles. The number of nitrogens with zero attached hydrogens (tertiary/aromatic N) is 3. The van der Waals surface area contributed by atoms with Gasteiger partial charge in [0, 0.05) is 5.02 Å². The standard InChI is InChI=1S/C19H18ClN3O2S/c1-13-3-5-14(6-4-13)12-23-18(26-2)21-17(24)22(19(23)25)11-15-7-9-16(20)10-8-15/h3-10H,11-12H2,1-2H3. The molecule has 0 spiro atoms. The maximum absolute atomic E-state index is 13.0. The van der Waals surface area contributed by atoms with E-state index >= 15 is 0 Å². The Labute approximate surface area is 160 Å². The predicted molar refractivity (Wildman–Crippen MR) is 105 cm³/mol. The molecular formula is C19H18ClN3O2S. The Hall–Kier alpha value is -2.31. The number of hydrogen-bond donors (Lipinski definition) is 0. The van der Waals surface area contributed by atoms with Gasteiger partial charge in [0.05, 0.1) is 13.1 Å². The first-order chi connectivity index (χ1) is 12.5. The third-order valence-corrected chi connectivity index (χ3v) is 4.94. The van der Waals surface area contributed by atoms with Crippen molar-refractivity contribution in [3.8, 4) is 0 Å². The van der Waals surface area contributed by atoms with Crippen molar-refractivity contribution in [1.29, 1.82) is 0 Å². The monoisotopic (exact) mass is 387 g/mol. The molecule has 2 aromatic carbocycles. The SMILES string of the molecule is CSc1nc(=O)n(Cc2ccc(Cl)cc2)c(=O)n1Cc1ccc(C)cc1. The Morgan fingerprint density at radius 3 is 2.04 bits per heavy atom. The molecule has 134 valence electrons. The quantitative estimate of drug-likeness (QED) is 0.631. The van der Waals surface area contributed by atoms with Gasteiger partial charge in [0.1, 0.15) is 0 Å². The van der Waals surface area contributed by atoms with Crippen molar-refractivity contribution in [1.82, 2.24) is 14.1 Å². The van der Waals surface area contributed by atoms with Crippen LogP contribution >= 0.6 is 23.4 Å². The van der Waals surface area contributed by atoms with Gasteiger partial charge in [0.25, 0.3) is 0 Å². The van der Waals surface area contributed by atoms with Crippen LogP contribution in [0.15, 0.2) is 63.3 Å². The minimum absolute atomic E-state index is 0.157. The Kier molecular flexibility index (Phi) is 5.64. The lowest BCUT2D eigenvalue weighted by molar-refractivity contribution is 0.527. The van der Waals surface area contributed by atoms with Crippen LogP contribution < -0.4 is 11.4 Å². The van der Waals surface area contributed by atoms with Crippen LogP contribution in [-0.2, 0) is 13.1 Å². The van der Waals surface area contributed by atoms with Crippen molar-refractivity contribution in [2.75, 3.05) is 6.26 Å². The van der Waals surface area contributed by atoms with Crippen LogP contribution in [0.4, 0.5) is 0 Å². The molecule has 0 aliphatic heterocycles. The highest BCUT2D eigenvalue weighted by Gasteiger charge is 2.13. The zero-order chi connectivity index (χ0) is 18.7. The van der Waals surface area contributed by atoms with E-state index in [1.54, 1.807) is 30.5 Å². The summed E-state index contributed by atoms with van der Waals surface area (Å²) < 4.78 is 2.68. The van der Waals surface area contributed by atoms with Crippen molar-refractivity contribution in [3.05, 3.63) is 91.2 Å². The molecule has 0 saturated carbocycles. The van der Waals surface area contributed by atoms with Gasteiger partial charge >= 0.3 is 11.4 Å². The summed E-state index contributed by atoms with van der Waals surface area (Å²) in [6, 6.07) is 15.0. The maximum atomic E-state index is 13.0. The molecule has 7 heteroatoms. The second-order valence-electron chi connectivity index (χ2n) is 5.95. The number of hydrogen-bond acceptors (Lipinski definition) is 4. The van der Waals surface area contributed by atoms with Crippen LogP contribution in [-0.4, -0.2) is 20.4 Å². The zero-order valence-corrected chi connectivity index (χ0v) is 16.0. The molecule has 1 heterocycles. The molecule has 0 bridgehead atoms. The Morgan fingerprint density at radius 1 is 0.923 bits per heavy atom. The van der Waals surface area contributed by atoms with Crippen LogP contribution in [0.25, 0.3) is 0 Å². The normalized spacial score (nSPS) is 10.9. The first-order valence-corrected chi connectivity index (χ1v) is 9.64. The van der Waals surface area contributed by atoms with E-state index in [1.807, 2.05) is 31.2 Å². The van der Waals surface area contributed by atoms with Crippen LogP contribution in [0, 0.1) is 6.92 Å². The molecule has 3 rings (SSSR count). The fourth-order valence-corrected chi connectivity index (χ4v) is 3.25. The fourth-order valence-electron chi connectivity index (χ4n) is 2.59. The average molecular weight is 388 g/mol. The zero-order valence-electron chi connectivity index (χ0n) is 14.5. The molecule has 0 N–H and O–H groups in total. The van der Waals surface area contributed by atoms with E-state index in [9.17, 15) is 9.59 Å². The van der Waals surface area contributed by atoms with E-state index in [0.717, 1.165) is 21.3 Å². The number of rotatable bonds is 5. The molecule has 0 saturated heterocycles. The minimum Gasteiger partial charge on any atom is -0.268 e. The van der Waals surface area contributed by atoms with Crippen molar-refractivity contribution >= 4 is 23.4 Å². The molecule has 0 fully saturated rings. The maximum Gasteiger partial charge on any atom is 0.354 e. The van der Waals surface area contributed by atoms with Crippen molar-refractivity contribution in [3.63, 3.8) is 0 Å². The molecule has 0 unspecified atom stereocenters. The summed E-state index contributed by atoms with van der Waals surface area (Å²) in [5.41, 5.74) is 2.03. The molecule has 0 aliphatic rings. The summed E-state index contributed by atoms with van der Waals surface area (Å²) in [7, 11) is 0. The smallest absolute Gasteiger partial charge is 0.268 e. The van der Waals surface area contributed by atoms with Crippen molar-refractivity contribution < 1.29 is 0 Å². The van der Waals surface area contributed by atoms with Crippen LogP contribution in [0.3, 0.4) is 0 Å². The Balaban J connectivity index is 2.03.